The van der Waals surface area contributed by atoms with Crippen molar-refractivity contribution in [3.63, 3.8) is 0 Å². The van der Waals surface area contributed by atoms with Crippen LogP contribution in [0.15, 0.2) is 21.2 Å². The molecule has 2 aromatic heterocycles. The van der Waals surface area contributed by atoms with Crippen LogP contribution in [0.1, 0.15) is 17.9 Å². The molecule has 3 heterocycles. The highest BCUT2D eigenvalue weighted by Gasteiger charge is 2.24. The van der Waals surface area contributed by atoms with Gasteiger partial charge in [-0.25, -0.2) is 4.98 Å². The van der Waals surface area contributed by atoms with Gasteiger partial charge in [-0.1, -0.05) is 0 Å². The summed E-state index contributed by atoms with van der Waals surface area (Å²) in [6.07, 6.45) is 1.34. The number of aryl methyl sites for hydroxylation is 1. The summed E-state index contributed by atoms with van der Waals surface area (Å²) in [5, 5.41) is 9.75. The second-order valence-corrected chi connectivity index (χ2v) is 5.14. The van der Waals surface area contributed by atoms with E-state index in [1.54, 1.807) is 0 Å². The number of aliphatic hydroxyl groups is 1. The van der Waals surface area contributed by atoms with E-state index in [0.29, 0.717) is 6.54 Å². The fourth-order valence-corrected chi connectivity index (χ4v) is 2.82. The van der Waals surface area contributed by atoms with Crippen molar-refractivity contribution in [3.05, 3.63) is 28.2 Å². The molecule has 1 aliphatic heterocycles. The predicted molar refractivity (Wildman–Crippen MR) is 66.7 cm³/mol. The van der Waals surface area contributed by atoms with Crippen LogP contribution >= 0.6 is 15.9 Å². The zero-order valence-corrected chi connectivity index (χ0v) is 11.1. The third-order valence-electron chi connectivity index (χ3n) is 3.09. The summed E-state index contributed by atoms with van der Waals surface area (Å²) in [4.78, 5) is 4.49. The minimum atomic E-state index is -0.293. The molecule has 3 rings (SSSR count). The lowest BCUT2D eigenvalue weighted by Crippen LogP contribution is -2.24. The number of halogens is 1. The van der Waals surface area contributed by atoms with E-state index in [4.69, 9.17) is 4.42 Å². The number of aromatic nitrogens is 2. The highest BCUT2D eigenvalue weighted by molar-refractivity contribution is 9.10. The molecule has 1 N–H and O–H groups in total. The van der Waals surface area contributed by atoms with Gasteiger partial charge in [0.2, 0.25) is 0 Å². The number of rotatable bonds is 1. The average molecular weight is 297 g/mol. The summed E-state index contributed by atoms with van der Waals surface area (Å²) >= 11 is 3.47. The molecule has 0 aromatic carbocycles. The van der Waals surface area contributed by atoms with Gasteiger partial charge in [-0.3, -0.25) is 0 Å². The molecule has 0 fully saturated rings. The second-order valence-electron chi connectivity index (χ2n) is 4.39. The van der Waals surface area contributed by atoms with Gasteiger partial charge in [-0.15, -0.1) is 0 Å². The topological polar surface area (TPSA) is 51.2 Å². The number of furan rings is 1. The van der Waals surface area contributed by atoms with E-state index in [1.165, 1.54) is 0 Å². The average Bonchev–Trinajstić information content (AvgIpc) is 2.83. The molecule has 0 saturated carbocycles. The van der Waals surface area contributed by atoms with Gasteiger partial charge >= 0.3 is 0 Å². The number of hydrogen-bond donors (Lipinski definition) is 1. The van der Waals surface area contributed by atoms with Gasteiger partial charge in [0.25, 0.3) is 0 Å². The van der Waals surface area contributed by atoms with Crippen LogP contribution in [0.3, 0.4) is 0 Å². The van der Waals surface area contributed by atoms with E-state index >= 15 is 0 Å². The lowest BCUT2D eigenvalue weighted by atomic mass is 10.1. The molecule has 90 valence electrons. The molecule has 0 amide bonds. The van der Waals surface area contributed by atoms with E-state index in [0.717, 1.165) is 40.5 Å². The Hall–Kier alpha value is -1.07. The van der Waals surface area contributed by atoms with E-state index in [-0.39, 0.29) is 6.10 Å². The maximum absolute atomic E-state index is 9.75. The number of nitrogens with zero attached hydrogens (tertiary/aromatic N) is 2. The maximum atomic E-state index is 9.75. The molecule has 0 bridgehead atoms. The van der Waals surface area contributed by atoms with Crippen molar-refractivity contribution in [2.24, 2.45) is 0 Å². The minimum Gasteiger partial charge on any atom is -0.458 e. The Morgan fingerprint density at radius 1 is 1.53 bits per heavy atom. The Morgan fingerprint density at radius 3 is 3.06 bits per heavy atom. The standard InChI is InChI=1S/C12H13BrN2O2/c1-7-2-5-10(17-7)12-14-11(13)9-4-3-8(16)6-15(9)12/h2,5,8,16H,3-4,6H2,1H3. The number of hydrogen-bond acceptors (Lipinski definition) is 3. The Bertz CT molecular complexity index is 559. The number of aliphatic hydroxyl groups excluding tert-OH is 1. The lowest BCUT2D eigenvalue weighted by Gasteiger charge is -2.21. The molecule has 0 spiro atoms. The SMILES string of the molecule is Cc1ccc(-c2nc(Br)c3n2CC(O)CC3)o1. The first-order valence-electron chi connectivity index (χ1n) is 5.65. The smallest absolute Gasteiger partial charge is 0.177 e. The summed E-state index contributed by atoms with van der Waals surface area (Å²) in [6.45, 7) is 2.50. The Kier molecular flexibility index (Phi) is 2.60. The molecule has 1 unspecified atom stereocenters. The summed E-state index contributed by atoms with van der Waals surface area (Å²) in [5.74, 6) is 2.41. The van der Waals surface area contributed by atoms with Crippen LogP contribution in [0.2, 0.25) is 0 Å². The largest absolute Gasteiger partial charge is 0.458 e. The minimum absolute atomic E-state index is 0.293. The molecule has 17 heavy (non-hydrogen) atoms. The molecular weight excluding hydrogens is 284 g/mol. The molecule has 4 nitrogen and oxygen atoms in total. The van der Waals surface area contributed by atoms with E-state index in [1.807, 2.05) is 23.6 Å². The molecule has 2 aromatic rings. The summed E-state index contributed by atoms with van der Waals surface area (Å²) in [7, 11) is 0. The van der Waals surface area contributed by atoms with Crippen molar-refractivity contribution < 1.29 is 9.52 Å². The fourth-order valence-electron chi connectivity index (χ4n) is 2.24. The van der Waals surface area contributed by atoms with Gasteiger partial charge in [0.15, 0.2) is 11.6 Å². The van der Waals surface area contributed by atoms with E-state index in [9.17, 15) is 5.11 Å². The highest BCUT2D eigenvalue weighted by atomic mass is 79.9. The lowest BCUT2D eigenvalue weighted by molar-refractivity contribution is 0.131. The van der Waals surface area contributed by atoms with E-state index < -0.39 is 0 Å². The highest BCUT2D eigenvalue weighted by Crippen LogP contribution is 2.31. The third kappa shape index (κ3) is 1.83. The van der Waals surface area contributed by atoms with Gasteiger partial charge in [-0.2, -0.15) is 0 Å². The third-order valence-corrected chi connectivity index (χ3v) is 3.73. The van der Waals surface area contributed by atoms with Gasteiger partial charge in [0, 0.05) is 0 Å². The Morgan fingerprint density at radius 2 is 2.35 bits per heavy atom. The van der Waals surface area contributed by atoms with Gasteiger partial charge in [0.05, 0.1) is 18.3 Å². The summed E-state index contributed by atoms with van der Waals surface area (Å²) < 4.78 is 8.49. The van der Waals surface area contributed by atoms with Crippen molar-refractivity contribution in [2.75, 3.05) is 0 Å². The second kappa shape index (κ2) is 3.99. The number of imidazole rings is 1. The molecule has 1 atom stereocenters. The Labute approximate surface area is 107 Å². The predicted octanol–water partition coefficient (Wildman–Crippen LogP) is 2.52. The molecular formula is C12H13BrN2O2. The van der Waals surface area contributed by atoms with Crippen LogP contribution in [0.25, 0.3) is 11.6 Å². The Balaban J connectivity index is 2.12. The van der Waals surface area contributed by atoms with Gasteiger partial charge in [-0.05, 0) is 47.8 Å². The first-order chi connectivity index (χ1) is 8.15. The number of fused-ring (bicyclic) bond motifs is 1. The quantitative estimate of drug-likeness (QED) is 0.880. The van der Waals surface area contributed by atoms with Crippen LogP contribution in [0.5, 0.6) is 0 Å². The van der Waals surface area contributed by atoms with E-state index in [2.05, 4.69) is 20.9 Å². The molecule has 0 saturated heterocycles. The van der Waals surface area contributed by atoms with Crippen LogP contribution < -0.4 is 0 Å². The van der Waals surface area contributed by atoms with Gasteiger partial charge < -0.3 is 14.1 Å². The zero-order chi connectivity index (χ0) is 12.0. The van der Waals surface area contributed by atoms with Crippen molar-refractivity contribution >= 4 is 15.9 Å². The first kappa shape index (κ1) is 11.0. The van der Waals surface area contributed by atoms with Crippen molar-refractivity contribution in [1.29, 1.82) is 0 Å². The fraction of sp³-hybridized carbons (Fsp3) is 0.417. The molecule has 1 aliphatic rings. The van der Waals surface area contributed by atoms with Crippen LogP contribution in [0.4, 0.5) is 0 Å². The normalized spacial score (nSPS) is 19.4. The maximum Gasteiger partial charge on any atom is 0.177 e. The van der Waals surface area contributed by atoms with Crippen molar-refractivity contribution in [3.8, 4) is 11.6 Å². The monoisotopic (exact) mass is 296 g/mol. The molecule has 0 aliphatic carbocycles. The van der Waals surface area contributed by atoms with Gasteiger partial charge in [0.1, 0.15) is 10.4 Å². The van der Waals surface area contributed by atoms with Crippen LogP contribution in [-0.2, 0) is 13.0 Å². The molecule has 0 radical (unpaired) electrons. The first-order valence-corrected chi connectivity index (χ1v) is 6.44. The molecule has 5 heteroatoms. The summed E-state index contributed by atoms with van der Waals surface area (Å²) in [6, 6.07) is 3.84. The van der Waals surface area contributed by atoms with Crippen LogP contribution in [0, 0.1) is 6.92 Å². The van der Waals surface area contributed by atoms with Crippen molar-refractivity contribution in [2.45, 2.75) is 32.4 Å². The zero-order valence-electron chi connectivity index (χ0n) is 9.48. The van der Waals surface area contributed by atoms with Crippen molar-refractivity contribution in [1.82, 2.24) is 9.55 Å². The summed E-state index contributed by atoms with van der Waals surface area (Å²) in [5.41, 5.74) is 1.14. The van der Waals surface area contributed by atoms with Crippen LogP contribution in [-0.4, -0.2) is 20.8 Å².